The predicted molar refractivity (Wildman–Crippen MR) is 87.1 cm³/mol. The second-order valence-electron chi connectivity index (χ2n) is 5.51. The van der Waals surface area contributed by atoms with Crippen LogP contribution in [0.2, 0.25) is 0 Å². The molecule has 1 aromatic heterocycles. The molecule has 114 valence electrons. The molecule has 1 N–H and O–H groups in total. The van der Waals surface area contributed by atoms with Gasteiger partial charge in [0.25, 0.3) is 0 Å². The monoisotopic (exact) mass is 286 g/mol. The lowest BCUT2D eigenvalue weighted by Gasteiger charge is -2.18. The summed E-state index contributed by atoms with van der Waals surface area (Å²) < 4.78 is 5.47. The van der Waals surface area contributed by atoms with E-state index in [-0.39, 0.29) is 0 Å². The van der Waals surface area contributed by atoms with E-state index in [0.29, 0.717) is 6.04 Å². The lowest BCUT2D eigenvalue weighted by molar-refractivity contribution is 0.312. The minimum atomic E-state index is 0.333. The Morgan fingerprint density at radius 1 is 1.14 bits per heavy atom. The first-order chi connectivity index (χ1) is 10.3. The minimum absolute atomic E-state index is 0.333. The lowest BCUT2D eigenvalue weighted by Crippen LogP contribution is -2.26. The first kappa shape index (κ1) is 15.8. The summed E-state index contributed by atoms with van der Waals surface area (Å²) in [5, 5.41) is 3.57. The molecule has 2 aromatic rings. The number of hydrogen-bond acceptors (Lipinski definition) is 3. The zero-order chi connectivity index (χ0) is 14.9. The van der Waals surface area contributed by atoms with Gasteiger partial charge in [0, 0.05) is 6.54 Å². The van der Waals surface area contributed by atoms with Gasteiger partial charge in [0.15, 0.2) is 0 Å². The van der Waals surface area contributed by atoms with Crippen molar-refractivity contribution in [2.45, 2.75) is 32.4 Å². The van der Waals surface area contributed by atoms with Gasteiger partial charge in [-0.3, -0.25) is 0 Å². The van der Waals surface area contributed by atoms with Crippen LogP contribution in [0.4, 0.5) is 0 Å². The van der Waals surface area contributed by atoms with E-state index in [0.717, 1.165) is 38.2 Å². The van der Waals surface area contributed by atoms with Gasteiger partial charge >= 0.3 is 0 Å². The molecule has 0 radical (unpaired) electrons. The molecule has 0 bridgehead atoms. The van der Waals surface area contributed by atoms with Gasteiger partial charge in [0.2, 0.25) is 0 Å². The quantitative estimate of drug-likeness (QED) is 0.710. The molecular formula is C18H26N2O. The third-order valence-corrected chi connectivity index (χ3v) is 3.70. The molecule has 0 spiro atoms. The minimum Gasteiger partial charge on any atom is -0.468 e. The zero-order valence-corrected chi connectivity index (χ0v) is 13.1. The van der Waals surface area contributed by atoms with Crippen molar-refractivity contribution in [3.63, 3.8) is 0 Å². The van der Waals surface area contributed by atoms with Crippen LogP contribution in [0.3, 0.4) is 0 Å². The SMILES string of the molecule is CCC(NCCCN(C)Cc1ccccc1)c1ccco1. The molecule has 1 atom stereocenters. The van der Waals surface area contributed by atoms with E-state index in [1.165, 1.54) is 5.56 Å². The zero-order valence-electron chi connectivity index (χ0n) is 13.1. The van der Waals surface area contributed by atoms with Gasteiger partial charge in [0.05, 0.1) is 12.3 Å². The Hall–Kier alpha value is -1.58. The molecule has 0 aliphatic rings. The molecule has 2 rings (SSSR count). The first-order valence-electron chi connectivity index (χ1n) is 7.79. The number of furan rings is 1. The standard InChI is InChI=1S/C18H26N2O/c1-3-17(18-11-7-14-21-18)19-12-8-13-20(2)15-16-9-5-4-6-10-16/h4-7,9-11,14,17,19H,3,8,12-13,15H2,1-2H3. The Bertz CT molecular complexity index is 481. The van der Waals surface area contributed by atoms with Crippen LogP contribution < -0.4 is 5.32 Å². The Morgan fingerprint density at radius 3 is 2.62 bits per heavy atom. The van der Waals surface area contributed by atoms with Gasteiger partial charge in [-0.25, -0.2) is 0 Å². The summed E-state index contributed by atoms with van der Waals surface area (Å²) in [6, 6.07) is 14.9. The number of benzene rings is 1. The van der Waals surface area contributed by atoms with Crippen LogP contribution in [0.1, 0.15) is 37.1 Å². The molecule has 1 unspecified atom stereocenters. The molecule has 0 amide bonds. The van der Waals surface area contributed by atoms with E-state index in [1.807, 2.05) is 12.1 Å². The van der Waals surface area contributed by atoms with Crippen molar-refractivity contribution < 1.29 is 4.42 Å². The molecule has 21 heavy (non-hydrogen) atoms. The van der Waals surface area contributed by atoms with Crippen LogP contribution >= 0.6 is 0 Å². The topological polar surface area (TPSA) is 28.4 Å². The third-order valence-electron chi connectivity index (χ3n) is 3.70. The maximum atomic E-state index is 5.47. The van der Waals surface area contributed by atoms with E-state index in [9.17, 15) is 0 Å². The largest absolute Gasteiger partial charge is 0.468 e. The van der Waals surface area contributed by atoms with Crippen LogP contribution in [0, 0.1) is 0 Å². The van der Waals surface area contributed by atoms with E-state index < -0.39 is 0 Å². The van der Waals surface area contributed by atoms with Gasteiger partial charge in [-0.2, -0.15) is 0 Å². The molecule has 1 heterocycles. The van der Waals surface area contributed by atoms with Crippen molar-refractivity contribution >= 4 is 0 Å². The van der Waals surface area contributed by atoms with Crippen molar-refractivity contribution in [3.05, 3.63) is 60.1 Å². The summed E-state index contributed by atoms with van der Waals surface area (Å²) in [7, 11) is 2.18. The Morgan fingerprint density at radius 2 is 1.95 bits per heavy atom. The van der Waals surface area contributed by atoms with Gasteiger partial charge in [-0.15, -0.1) is 0 Å². The second kappa shape index (κ2) is 8.65. The number of nitrogens with zero attached hydrogens (tertiary/aromatic N) is 1. The molecule has 0 saturated heterocycles. The maximum Gasteiger partial charge on any atom is 0.120 e. The molecule has 3 heteroatoms. The van der Waals surface area contributed by atoms with Gasteiger partial charge in [-0.05, 0) is 50.7 Å². The van der Waals surface area contributed by atoms with Crippen LogP contribution in [0.15, 0.2) is 53.1 Å². The van der Waals surface area contributed by atoms with E-state index in [2.05, 4.69) is 54.5 Å². The highest BCUT2D eigenvalue weighted by molar-refractivity contribution is 5.14. The fourth-order valence-electron chi connectivity index (χ4n) is 2.54. The Kier molecular flexibility index (Phi) is 6.51. The van der Waals surface area contributed by atoms with Crippen LogP contribution in [0.5, 0.6) is 0 Å². The fraction of sp³-hybridized carbons (Fsp3) is 0.444. The highest BCUT2D eigenvalue weighted by Gasteiger charge is 2.10. The summed E-state index contributed by atoms with van der Waals surface area (Å²) in [5.74, 6) is 1.04. The van der Waals surface area contributed by atoms with Gasteiger partial charge in [-0.1, -0.05) is 37.3 Å². The van der Waals surface area contributed by atoms with Crippen molar-refractivity contribution in [2.24, 2.45) is 0 Å². The van der Waals surface area contributed by atoms with Crippen molar-refractivity contribution in [2.75, 3.05) is 20.1 Å². The Labute approximate surface area is 128 Å². The van der Waals surface area contributed by atoms with Gasteiger partial charge in [0.1, 0.15) is 5.76 Å². The van der Waals surface area contributed by atoms with Gasteiger partial charge < -0.3 is 14.6 Å². The molecule has 3 nitrogen and oxygen atoms in total. The number of hydrogen-bond donors (Lipinski definition) is 1. The Balaban J connectivity index is 1.65. The fourth-order valence-corrected chi connectivity index (χ4v) is 2.54. The third kappa shape index (κ3) is 5.37. The molecule has 0 aliphatic heterocycles. The van der Waals surface area contributed by atoms with Crippen molar-refractivity contribution in [3.8, 4) is 0 Å². The van der Waals surface area contributed by atoms with E-state index in [4.69, 9.17) is 4.42 Å². The summed E-state index contributed by atoms with van der Waals surface area (Å²) in [6.45, 7) is 5.30. The average Bonchev–Trinajstić information content (AvgIpc) is 3.02. The summed E-state index contributed by atoms with van der Waals surface area (Å²) in [6.07, 6.45) is 3.93. The predicted octanol–water partition coefficient (Wildman–Crippen LogP) is 3.84. The smallest absolute Gasteiger partial charge is 0.120 e. The molecule has 1 aromatic carbocycles. The van der Waals surface area contributed by atoms with Crippen molar-refractivity contribution in [1.82, 2.24) is 10.2 Å². The molecule has 0 fully saturated rings. The van der Waals surface area contributed by atoms with Crippen LogP contribution in [0.25, 0.3) is 0 Å². The molecular weight excluding hydrogens is 260 g/mol. The van der Waals surface area contributed by atoms with Crippen LogP contribution in [-0.2, 0) is 6.54 Å². The van der Waals surface area contributed by atoms with E-state index in [1.54, 1.807) is 6.26 Å². The molecule has 0 saturated carbocycles. The molecule has 0 aliphatic carbocycles. The normalized spacial score (nSPS) is 12.7. The summed E-state index contributed by atoms with van der Waals surface area (Å²) in [4.78, 5) is 2.37. The average molecular weight is 286 g/mol. The number of rotatable bonds is 9. The highest BCUT2D eigenvalue weighted by Crippen LogP contribution is 2.16. The highest BCUT2D eigenvalue weighted by atomic mass is 16.3. The number of nitrogens with one attached hydrogen (secondary N) is 1. The maximum absolute atomic E-state index is 5.47. The second-order valence-corrected chi connectivity index (χ2v) is 5.51. The lowest BCUT2D eigenvalue weighted by atomic mass is 10.1. The van der Waals surface area contributed by atoms with Crippen LogP contribution in [-0.4, -0.2) is 25.0 Å². The first-order valence-corrected chi connectivity index (χ1v) is 7.79. The summed E-state index contributed by atoms with van der Waals surface area (Å²) >= 11 is 0. The van der Waals surface area contributed by atoms with E-state index >= 15 is 0 Å². The summed E-state index contributed by atoms with van der Waals surface area (Å²) in [5.41, 5.74) is 1.37. The van der Waals surface area contributed by atoms with Crippen molar-refractivity contribution in [1.29, 1.82) is 0 Å².